The van der Waals surface area contributed by atoms with E-state index in [1.807, 2.05) is 61.7 Å². The molecule has 3 aromatic rings. The summed E-state index contributed by atoms with van der Waals surface area (Å²) in [5.74, 6) is 1.35. The standard InChI is InChI=1S/C22H21N3O2S/c1-4-21(26)24-17-8-10-19(11-9-17)28-22-15(2)14-23-20(25-22)13-16-6-5-7-18(12-16)27-3/h4-12,14H,1,13H2,2-3H3,(H,24,26). The van der Waals surface area contributed by atoms with E-state index in [0.717, 1.165) is 38.3 Å². The first-order valence-electron chi connectivity index (χ1n) is 8.74. The number of rotatable bonds is 7. The van der Waals surface area contributed by atoms with Gasteiger partial charge in [-0.15, -0.1) is 0 Å². The topological polar surface area (TPSA) is 64.1 Å². The van der Waals surface area contributed by atoms with E-state index in [4.69, 9.17) is 9.72 Å². The van der Waals surface area contributed by atoms with Gasteiger partial charge in [0.1, 0.15) is 16.6 Å². The third kappa shape index (κ3) is 5.20. The summed E-state index contributed by atoms with van der Waals surface area (Å²) in [6, 6.07) is 15.5. The molecule has 6 heteroatoms. The van der Waals surface area contributed by atoms with Gasteiger partial charge in [0, 0.05) is 23.2 Å². The smallest absolute Gasteiger partial charge is 0.247 e. The van der Waals surface area contributed by atoms with Gasteiger partial charge in [0.05, 0.1) is 7.11 Å². The van der Waals surface area contributed by atoms with Crippen molar-refractivity contribution in [1.29, 1.82) is 0 Å². The van der Waals surface area contributed by atoms with Gasteiger partial charge in [-0.1, -0.05) is 30.5 Å². The van der Waals surface area contributed by atoms with Gasteiger partial charge in [-0.2, -0.15) is 0 Å². The summed E-state index contributed by atoms with van der Waals surface area (Å²) in [4.78, 5) is 21.6. The molecule has 0 bridgehead atoms. The Bertz CT molecular complexity index is 987. The molecule has 142 valence electrons. The second-order valence-corrected chi connectivity index (χ2v) is 7.18. The van der Waals surface area contributed by atoms with Gasteiger partial charge >= 0.3 is 0 Å². The van der Waals surface area contributed by atoms with Crippen molar-refractivity contribution in [3.8, 4) is 5.75 Å². The van der Waals surface area contributed by atoms with E-state index in [1.54, 1.807) is 18.9 Å². The number of nitrogens with one attached hydrogen (secondary N) is 1. The second-order valence-electron chi connectivity index (χ2n) is 6.12. The summed E-state index contributed by atoms with van der Waals surface area (Å²) in [6.45, 7) is 5.45. The van der Waals surface area contributed by atoms with Crippen molar-refractivity contribution in [1.82, 2.24) is 9.97 Å². The summed E-state index contributed by atoms with van der Waals surface area (Å²) in [6.07, 6.45) is 3.73. The Morgan fingerprint density at radius 3 is 2.75 bits per heavy atom. The quantitative estimate of drug-likeness (QED) is 0.469. The van der Waals surface area contributed by atoms with Gasteiger partial charge in [0.15, 0.2) is 0 Å². The molecule has 0 spiro atoms. The van der Waals surface area contributed by atoms with Crippen LogP contribution in [0.15, 0.2) is 77.3 Å². The number of methoxy groups -OCH3 is 1. The maximum Gasteiger partial charge on any atom is 0.247 e. The van der Waals surface area contributed by atoms with Crippen LogP contribution in [0, 0.1) is 6.92 Å². The van der Waals surface area contributed by atoms with Gasteiger partial charge in [-0.05, 0) is 60.5 Å². The third-order valence-electron chi connectivity index (χ3n) is 3.99. The summed E-state index contributed by atoms with van der Waals surface area (Å²) in [5, 5.41) is 3.65. The van der Waals surface area contributed by atoms with Gasteiger partial charge < -0.3 is 10.1 Å². The van der Waals surface area contributed by atoms with Crippen LogP contribution >= 0.6 is 11.8 Å². The molecule has 2 aromatic carbocycles. The van der Waals surface area contributed by atoms with Crippen molar-refractivity contribution in [3.05, 3.63) is 84.3 Å². The van der Waals surface area contributed by atoms with Crippen LogP contribution in [-0.2, 0) is 11.2 Å². The maximum absolute atomic E-state index is 11.4. The Labute approximate surface area is 168 Å². The van der Waals surface area contributed by atoms with E-state index in [1.165, 1.54) is 6.08 Å². The first kappa shape index (κ1) is 19.6. The molecule has 0 unspecified atom stereocenters. The average molecular weight is 391 g/mol. The molecule has 0 fully saturated rings. The summed E-state index contributed by atoms with van der Waals surface area (Å²) < 4.78 is 5.28. The van der Waals surface area contributed by atoms with Gasteiger partial charge in [0.2, 0.25) is 5.91 Å². The Morgan fingerprint density at radius 2 is 2.04 bits per heavy atom. The zero-order valence-electron chi connectivity index (χ0n) is 15.8. The summed E-state index contributed by atoms with van der Waals surface area (Å²) in [5.41, 5.74) is 2.84. The lowest BCUT2D eigenvalue weighted by atomic mass is 10.1. The monoisotopic (exact) mass is 391 g/mol. The fourth-order valence-electron chi connectivity index (χ4n) is 2.53. The molecule has 0 saturated carbocycles. The highest BCUT2D eigenvalue weighted by Gasteiger charge is 2.08. The molecule has 0 aliphatic rings. The number of ether oxygens (including phenoxy) is 1. The van der Waals surface area contributed by atoms with Gasteiger partial charge in [-0.3, -0.25) is 4.79 Å². The van der Waals surface area contributed by atoms with E-state index in [0.29, 0.717) is 6.42 Å². The molecule has 5 nitrogen and oxygen atoms in total. The van der Waals surface area contributed by atoms with Crippen molar-refractivity contribution in [2.24, 2.45) is 0 Å². The van der Waals surface area contributed by atoms with Crippen molar-refractivity contribution < 1.29 is 9.53 Å². The van der Waals surface area contributed by atoms with Crippen molar-refractivity contribution in [2.45, 2.75) is 23.3 Å². The van der Waals surface area contributed by atoms with Crippen LogP contribution in [-0.4, -0.2) is 23.0 Å². The summed E-state index contributed by atoms with van der Waals surface area (Å²) >= 11 is 1.57. The van der Waals surface area contributed by atoms with Crippen molar-refractivity contribution in [3.63, 3.8) is 0 Å². The third-order valence-corrected chi connectivity index (χ3v) is 5.11. The van der Waals surface area contributed by atoms with Gasteiger partial charge in [0.25, 0.3) is 0 Å². The lowest BCUT2D eigenvalue weighted by molar-refractivity contribution is -0.111. The minimum atomic E-state index is -0.228. The normalized spacial score (nSPS) is 10.4. The molecule has 0 radical (unpaired) electrons. The molecule has 0 aliphatic heterocycles. The first-order valence-corrected chi connectivity index (χ1v) is 9.56. The number of nitrogens with zero attached hydrogens (tertiary/aromatic N) is 2. The second kappa shape index (κ2) is 9.19. The Kier molecular flexibility index (Phi) is 6.45. The molecule has 28 heavy (non-hydrogen) atoms. The van der Waals surface area contributed by atoms with E-state index >= 15 is 0 Å². The van der Waals surface area contributed by atoms with E-state index in [2.05, 4.69) is 16.9 Å². The Hall–Kier alpha value is -3.12. The number of carbonyl (C=O) groups is 1. The molecule has 1 aromatic heterocycles. The van der Waals surface area contributed by atoms with Crippen LogP contribution in [0.5, 0.6) is 5.75 Å². The number of amides is 1. The molecule has 0 atom stereocenters. The largest absolute Gasteiger partial charge is 0.497 e. The number of aromatic nitrogens is 2. The molecular formula is C22H21N3O2S. The highest BCUT2D eigenvalue weighted by Crippen LogP contribution is 2.29. The predicted molar refractivity (Wildman–Crippen MR) is 112 cm³/mol. The van der Waals surface area contributed by atoms with Crippen LogP contribution in [0.3, 0.4) is 0 Å². The molecular weight excluding hydrogens is 370 g/mol. The molecule has 1 N–H and O–H groups in total. The average Bonchev–Trinajstić information content (AvgIpc) is 2.72. The Morgan fingerprint density at radius 1 is 1.25 bits per heavy atom. The fourth-order valence-corrected chi connectivity index (χ4v) is 3.39. The minimum Gasteiger partial charge on any atom is -0.497 e. The number of benzene rings is 2. The fraction of sp³-hybridized carbons (Fsp3) is 0.136. The first-order chi connectivity index (χ1) is 13.6. The highest BCUT2D eigenvalue weighted by atomic mass is 32.2. The molecule has 1 amide bonds. The zero-order chi connectivity index (χ0) is 19.9. The zero-order valence-corrected chi connectivity index (χ0v) is 16.6. The molecule has 0 saturated heterocycles. The molecule has 1 heterocycles. The SMILES string of the molecule is C=CC(=O)Nc1ccc(Sc2nc(Cc3cccc(OC)c3)ncc2C)cc1. The van der Waals surface area contributed by atoms with E-state index in [9.17, 15) is 4.79 Å². The minimum absolute atomic E-state index is 0.228. The summed E-state index contributed by atoms with van der Waals surface area (Å²) in [7, 11) is 1.66. The van der Waals surface area contributed by atoms with Gasteiger partial charge in [-0.25, -0.2) is 9.97 Å². The number of anilines is 1. The van der Waals surface area contributed by atoms with E-state index in [-0.39, 0.29) is 5.91 Å². The van der Waals surface area contributed by atoms with Crippen molar-refractivity contribution in [2.75, 3.05) is 12.4 Å². The highest BCUT2D eigenvalue weighted by molar-refractivity contribution is 7.99. The Balaban J connectivity index is 1.74. The van der Waals surface area contributed by atoms with E-state index < -0.39 is 0 Å². The lowest BCUT2D eigenvalue weighted by Gasteiger charge is -2.09. The van der Waals surface area contributed by atoms with Crippen LogP contribution < -0.4 is 10.1 Å². The molecule has 0 aliphatic carbocycles. The lowest BCUT2D eigenvalue weighted by Crippen LogP contribution is -2.06. The number of hydrogen-bond donors (Lipinski definition) is 1. The number of aryl methyl sites for hydroxylation is 1. The van der Waals surface area contributed by atoms with Crippen LogP contribution in [0.1, 0.15) is 17.0 Å². The van der Waals surface area contributed by atoms with Crippen molar-refractivity contribution >= 4 is 23.4 Å². The van der Waals surface area contributed by atoms with Crippen LogP contribution in [0.25, 0.3) is 0 Å². The predicted octanol–water partition coefficient (Wildman–Crippen LogP) is 4.66. The maximum atomic E-state index is 11.4. The van der Waals surface area contributed by atoms with Crippen LogP contribution in [0.4, 0.5) is 5.69 Å². The number of carbonyl (C=O) groups excluding carboxylic acids is 1. The number of hydrogen-bond acceptors (Lipinski definition) is 5. The van der Waals surface area contributed by atoms with Crippen LogP contribution in [0.2, 0.25) is 0 Å². The molecule has 3 rings (SSSR count).